The van der Waals surface area contributed by atoms with Crippen LogP contribution in [0.15, 0.2) is 42.7 Å². The highest BCUT2D eigenvalue weighted by atomic mass is 16.5. The van der Waals surface area contributed by atoms with Crippen LogP contribution in [0.2, 0.25) is 0 Å². The number of benzene rings is 1. The van der Waals surface area contributed by atoms with Gasteiger partial charge in [-0.15, -0.1) is 0 Å². The van der Waals surface area contributed by atoms with E-state index in [9.17, 15) is 4.79 Å². The molecule has 3 rings (SSSR count). The number of ether oxygens (including phenoxy) is 1. The van der Waals surface area contributed by atoms with Gasteiger partial charge in [0, 0.05) is 12.7 Å². The molecule has 1 aliphatic heterocycles. The quantitative estimate of drug-likeness (QED) is 0.851. The molecule has 5 nitrogen and oxygen atoms in total. The molecule has 0 N–H and O–H groups in total. The number of hydrogen-bond donors (Lipinski definition) is 0. The zero-order valence-electron chi connectivity index (χ0n) is 14.8. The Hall–Kier alpha value is -2.14. The van der Waals surface area contributed by atoms with Crippen LogP contribution in [-0.4, -0.2) is 39.8 Å². The lowest BCUT2D eigenvalue weighted by molar-refractivity contribution is -0.0447. The first-order chi connectivity index (χ1) is 11.4. The molecule has 1 fully saturated rings. The molecule has 0 aliphatic carbocycles. The highest BCUT2D eigenvalue weighted by Crippen LogP contribution is 2.28. The molecule has 1 aromatic heterocycles. The first-order valence-corrected chi connectivity index (χ1v) is 8.39. The smallest absolute Gasteiger partial charge is 0.257 e. The monoisotopic (exact) mass is 327 g/mol. The summed E-state index contributed by atoms with van der Waals surface area (Å²) in [5, 5.41) is 4.36. The van der Waals surface area contributed by atoms with Gasteiger partial charge >= 0.3 is 0 Å². The predicted molar refractivity (Wildman–Crippen MR) is 92.9 cm³/mol. The third-order valence-corrected chi connectivity index (χ3v) is 4.33. The summed E-state index contributed by atoms with van der Waals surface area (Å²) in [6.45, 7) is 9.30. The molecule has 0 radical (unpaired) electrons. The second-order valence-corrected chi connectivity index (χ2v) is 7.37. The fraction of sp³-hybridized carbons (Fsp3) is 0.474. The maximum Gasteiger partial charge on any atom is 0.257 e. The third-order valence-electron chi connectivity index (χ3n) is 4.33. The average molecular weight is 327 g/mol. The minimum absolute atomic E-state index is 0.00880. The first-order valence-electron chi connectivity index (χ1n) is 8.39. The van der Waals surface area contributed by atoms with Crippen molar-refractivity contribution in [1.29, 1.82) is 0 Å². The van der Waals surface area contributed by atoms with E-state index >= 15 is 0 Å². The summed E-state index contributed by atoms with van der Waals surface area (Å²) in [6, 6.07) is 10.00. The van der Waals surface area contributed by atoms with E-state index in [2.05, 4.69) is 25.9 Å². The molecule has 24 heavy (non-hydrogen) atoms. The molecule has 0 spiro atoms. The molecule has 128 valence electrons. The summed E-state index contributed by atoms with van der Waals surface area (Å²) in [6.07, 6.45) is 3.53. The van der Waals surface area contributed by atoms with Crippen LogP contribution in [0.1, 0.15) is 49.7 Å². The lowest BCUT2D eigenvalue weighted by Gasteiger charge is -2.38. The van der Waals surface area contributed by atoms with Crippen LogP contribution in [0.4, 0.5) is 0 Å². The van der Waals surface area contributed by atoms with Crippen molar-refractivity contribution in [3.8, 4) is 0 Å². The molecule has 1 amide bonds. The van der Waals surface area contributed by atoms with E-state index in [0.29, 0.717) is 18.7 Å². The molecular formula is C19H25N3O2. The Balaban J connectivity index is 1.88. The van der Waals surface area contributed by atoms with Gasteiger partial charge in [-0.3, -0.25) is 9.48 Å². The van der Waals surface area contributed by atoms with Crippen LogP contribution >= 0.6 is 0 Å². The zero-order chi connectivity index (χ0) is 17.3. The maximum absolute atomic E-state index is 13.1. The van der Waals surface area contributed by atoms with E-state index in [1.54, 1.807) is 6.20 Å². The minimum Gasteiger partial charge on any atom is -0.374 e. The second kappa shape index (κ2) is 6.40. The fourth-order valence-corrected chi connectivity index (χ4v) is 2.94. The van der Waals surface area contributed by atoms with Gasteiger partial charge in [-0.1, -0.05) is 30.3 Å². The summed E-state index contributed by atoms with van der Waals surface area (Å²) < 4.78 is 7.64. The van der Waals surface area contributed by atoms with E-state index in [-0.39, 0.29) is 23.6 Å². The molecule has 1 aromatic carbocycles. The zero-order valence-corrected chi connectivity index (χ0v) is 14.8. The molecule has 5 heteroatoms. The minimum atomic E-state index is -0.143. The summed E-state index contributed by atoms with van der Waals surface area (Å²) in [5.74, 6) is 0.00880. The SMILES string of the molecule is C[C@@H]1CN(C(=O)c2cnn(C(C)(C)C)c2)[C@@H](c2ccccc2)CO1. The number of carbonyl (C=O) groups is 1. The fourth-order valence-electron chi connectivity index (χ4n) is 2.94. The number of morpholine rings is 1. The Morgan fingerprint density at radius 1 is 1.25 bits per heavy atom. The van der Waals surface area contributed by atoms with Gasteiger partial charge in [-0.25, -0.2) is 0 Å². The predicted octanol–water partition coefficient (Wildman–Crippen LogP) is 3.24. The Kier molecular flexibility index (Phi) is 4.45. The Labute approximate surface area is 143 Å². The van der Waals surface area contributed by atoms with Crippen molar-refractivity contribution < 1.29 is 9.53 Å². The van der Waals surface area contributed by atoms with Gasteiger partial charge in [0.05, 0.1) is 36.1 Å². The van der Waals surface area contributed by atoms with Crippen LogP contribution in [0.25, 0.3) is 0 Å². The number of nitrogens with zero attached hydrogens (tertiary/aromatic N) is 3. The average Bonchev–Trinajstić information content (AvgIpc) is 3.05. The Morgan fingerprint density at radius 3 is 2.58 bits per heavy atom. The van der Waals surface area contributed by atoms with Crippen LogP contribution < -0.4 is 0 Å². The van der Waals surface area contributed by atoms with Gasteiger partial charge in [0.2, 0.25) is 0 Å². The number of carbonyl (C=O) groups excluding carboxylic acids is 1. The highest BCUT2D eigenvalue weighted by molar-refractivity contribution is 5.94. The Bertz CT molecular complexity index is 703. The van der Waals surface area contributed by atoms with Gasteiger partial charge in [0.1, 0.15) is 0 Å². The van der Waals surface area contributed by atoms with Gasteiger partial charge < -0.3 is 9.64 Å². The number of amides is 1. The molecule has 0 bridgehead atoms. The van der Waals surface area contributed by atoms with E-state index in [1.165, 1.54) is 0 Å². The van der Waals surface area contributed by atoms with Crippen molar-refractivity contribution in [2.24, 2.45) is 0 Å². The highest BCUT2D eigenvalue weighted by Gasteiger charge is 2.33. The standard InChI is InChI=1S/C19H25N3O2/c1-14-11-21(17(13-24-14)15-8-6-5-7-9-15)18(23)16-10-20-22(12-16)19(2,3)4/h5-10,12,14,17H,11,13H2,1-4H3/t14-,17-/m1/s1. The van der Waals surface area contributed by atoms with Crippen molar-refractivity contribution in [1.82, 2.24) is 14.7 Å². The van der Waals surface area contributed by atoms with Gasteiger partial charge in [-0.05, 0) is 33.3 Å². The molecule has 0 unspecified atom stereocenters. The normalized spacial score (nSPS) is 21.8. The maximum atomic E-state index is 13.1. The van der Waals surface area contributed by atoms with Gasteiger partial charge in [0.15, 0.2) is 0 Å². The number of aromatic nitrogens is 2. The summed E-state index contributed by atoms with van der Waals surface area (Å²) in [4.78, 5) is 15.0. The molecule has 0 saturated carbocycles. The van der Waals surface area contributed by atoms with E-state index in [4.69, 9.17) is 4.74 Å². The molecular weight excluding hydrogens is 302 g/mol. The van der Waals surface area contributed by atoms with Gasteiger partial charge in [0.25, 0.3) is 5.91 Å². The van der Waals surface area contributed by atoms with Crippen molar-refractivity contribution >= 4 is 5.91 Å². The second-order valence-electron chi connectivity index (χ2n) is 7.37. The van der Waals surface area contributed by atoms with Crippen molar-refractivity contribution in [3.63, 3.8) is 0 Å². The largest absolute Gasteiger partial charge is 0.374 e. The van der Waals surface area contributed by atoms with Crippen molar-refractivity contribution in [3.05, 3.63) is 53.9 Å². The van der Waals surface area contributed by atoms with Crippen LogP contribution in [0.5, 0.6) is 0 Å². The molecule has 2 aromatic rings. The van der Waals surface area contributed by atoms with Gasteiger partial charge in [-0.2, -0.15) is 5.10 Å². The number of hydrogen-bond acceptors (Lipinski definition) is 3. The molecule has 1 aliphatic rings. The van der Waals surface area contributed by atoms with E-state index in [0.717, 1.165) is 5.56 Å². The van der Waals surface area contributed by atoms with Crippen LogP contribution in [-0.2, 0) is 10.3 Å². The Morgan fingerprint density at radius 2 is 1.96 bits per heavy atom. The van der Waals surface area contributed by atoms with Crippen molar-refractivity contribution in [2.45, 2.75) is 45.4 Å². The molecule has 2 heterocycles. The van der Waals surface area contributed by atoms with E-state index in [1.807, 2.05) is 53.0 Å². The first kappa shape index (κ1) is 16.7. The lowest BCUT2D eigenvalue weighted by Crippen LogP contribution is -2.46. The van der Waals surface area contributed by atoms with Crippen LogP contribution in [0.3, 0.4) is 0 Å². The molecule has 1 saturated heterocycles. The van der Waals surface area contributed by atoms with Crippen LogP contribution in [0, 0.1) is 0 Å². The number of rotatable bonds is 2. The van der Waals surface area contributed by atoms with Crippen molar-refractivity contribution in [2.75, 3.05) is 13.2 Å². The lowest BCUT2D eigenvalue weighted by atomic mass is 10.0. The summed E-state index contributed by atoms with van der Waals surface area (Å²) >= 11 is 0. The third kappa shape index (κ3) is 3.36. The topological polar surface area (TPSA) is 47.4 Å². The summed E-state index contributed by atoms with van der Waals surface area (Å²) in [7, 11) is 0. The summed E-state index contributed by atoms with van der Waals surface area (Å²) in [5.41, 5.74) is 1.58. The van der Waals surface area contributed by atoms with E-state index < -0.39 is 0 Å². The molecule has 2 atom stereocenters.